The van der Waals surface area contributed by atoms with Gasteiger partial charge in [-0.25, -0.2) is 13.6 Å². The molecule has 0 bridgehead atoms. The summed E-state index contributed by atoms with van der Waals surface area (Å²) in [6, 6.07) is 6.17. The number of carbonyl (C=O) groups is 2. The molecule has 0 saturated carbocycles. The quantitative estimate of drug-likeness (QED) is 0.631. The first kappa shape index (κ1) is 16.9. The van der Waals surface area contributed by atoms with Gasteiger partial charge in [-0.15, -0.1) is 0 Å². The van der Waals surface area contributed by atoms with Crippen LogP contribution in [0.4, 0.5) is 14.5 Å². The number of carbonyl (C=O) groups excluding carboxylic acids is 2. The molecule has 1 amide bonds. The van der Waals surface area contributed by atoms with E-state index in [9.17, 15) is 18.4 Å². The van der Waals surface area contributed by atoms with Gasteiger partial charge in [-0.2, -0.15) is 0 Å². The second kappa shape index (κ2) is 7.68. The minimum atomic E-state index is -1.09. The molecule has 0 saturated heterocycles. The maximum absolute atomic E-state index is 13.0. The highest BCUT2D eigenvalue weighted by Crippen LogP contribution is 2.15. The van der Waals surface area contributed by atoms with E-state index in [1.807, 2.05) is 0 Å². The van der Waals surface area contributed by atoms with Crippen LogP contribution in [0.3, 0.4) is 0 Å². The molecule has 1 aromatic heterocycles. The summed E-state index contributed by atoms with van der Waals surface area (Å²) in [5.74, 6) is -3.12. The number of hydrogen-bond acceptors (Lipinski definition) is 4. The summed E-state index contributed by atoms with van der Waals surface area (Å²) in [4.78, 5) is 23.0. The first-order valence-corrected chi connectivity index (χ1v) is 7.08. The minimum Gasteiger partial charge on any atom is -0.452 e. The van der Waals surface area contributed by atoms with Crippen molar-refractivity contribution < 1.29 is 27.5 Å². The Morgan fingerprint density at radius 3 is 2.65 bits per heavy atom. The molecule has 0 fully saturated rings. The van der Waals surface area contributed by atoms with Crippen LogP contribution >= 0.6 is 15.9 Å². The van der Waals surface area contributed by atoms with Gasteiger partial charge in [0.2, 0.25) is 0 Å². The summed E-state index contributed by atoms with van der Waals surface area (Å²) in [6.07, 6.45) is 2.47. The average molecular weight is 386 g/mol. The minimum absolute atomic E-state index is 0.0564. The van der Waals surface area contributed by atoms with Gasteiger partial charge in [0.15, 0.2) is 22.9 Å². The highest BCUT2D eigenvalue weighted by Gasteiger charge is 2.08. The Bertz CT molecular complexity index is 758. The highest BCUT2D eigenvalue weighted by atomic mass is 79.9. The van der Waals surface area contributed by atoms with Crippen molar-refractivity contribution in [1.29, 1.82) is 0 Å². The molecular weight excluding hydrogens is 376 g/mol. The fraction of sp³-hybridized carbons (Fsp3) is 0.0667. The van der Waals surface area contributed by atoms with E-state index in [-0.39, 0.29) is 5.69 Å². The molecule has 120 valence electrons. The molecule has 2 aromatic rings. The average Bonchev–Trinajstić information content (AvgIpc) is 2.92. The van der Waals surface area contributed by atoms with E-state index in [1.54, 1.807) is 12.1 Å². The van der Waals surface area contributed by atoms with Crippen LogP contribution in [-0.4, -0.2) is 18.5 Å². The van der Waals surface area contributed by atoms with Crippen LogP contribution < -0.4 is 5.32 Å². The van der Waals surface area contributed by atoms with Crippen LogP contribution in [0.5, 0.6) is 0 Å². The third kappa shape index (κ3) is 5.33. The second-order valence-corrected chi connectivity index (χ2v) is 5.04. The van der Waals surface area contributed by atoms with E-state index in [0.29, 0.717) is 10.4 Å². The molecular formula is C15H10BrF2NO4. The summed E-state index contributed by atoms with van der Waals surface area (Å²) in [6.45, 7) is -0.565. The summed E-state index contributed by atoms with van der Waals surface area (Å²) in [5.41, 5.74) is 0.0564. The molecule has 8 heteroatoms. The largest absolute Gasteiger partial charge is 0.452 e. The molecule has 0 radical (unpaired) electrons. The maximum atomic E-state index is 13.0. The molecule has 2 rings (SSSR count). The van der Waals surface area contributed by atoms with E-state index in [2.05, 4.69) is 21.2 Å². The van der Waals surface area contributed by atoms with Crippen LogP contribution in [0.1, 0.15) is 5.76 Å². The monoisotopic (exact) mass is 385 g/mol. The Labute approximate surface area is 138 Å². The third-order valence-corrected chi connectivity index (χ3v) is 2.95. The van der Waals surface area contributed by atoms with Gasteiger partial charge in [0.05, 0.1) is 0 Å². The lowest BCUT2D eigenvalue weighted by Gasteiger charge is -2.05. The maximum Gasteiger partial charge on any atom is 0.331 e. The van der Waals surface area contributed by atoms with Gasteiger partial charge in [0.25, 0.3) is 5.91 Å². The van der Waals surface area contributed by atoms with Crippen LogP contribution in [-0.2, 0) is 14.3 Å². The van der Waals surface area contributed by atoms with Gasteiger partial charge >= 0.3 is 5.97 Å². The third-order valence-electron chi connectivity index (χ3n) is 2.53. The van der Waals surface area contributed by atoms with Gasteiger partial charge < -0.3 is 14.5 Å². The zero-order valence-corrected chi connectivity index (χ0v) is 13.1. The van der Waals surface area contributed by atoms with Crippen molar-refractivity contribution in [2.45, 2.75) is 0 Å². The first-order valence-electron chi connectivity index (χ1n) is 6.29. The number of anilines is 1. The number of furan rings is 1. The van der Waals surface area contributed by atoms with Crippen LogP contribution in [0.15, 0.2) is 45.5 Å². The number of ether oxygens (including phenoxy) is 1. The normalized spacial score (nSPS) is 10.7. The lowest BCUT2D eigenvalue weighted by molar-refractivity contribution is -0.142. The predicted molar refractivity (Wildman–Crippen MR) is 81.4 cm³/mol. The molecule has 0 aliphatic heterocycles. The number of esters is 1. The summed E-state index contributed by atoms with van der Waals surface area (Å²) >= 11 is 3.11. The SMILES string of the molecule is O=C(COC(=O)C=Cc1ccc(Br)o1)Nc1ccc(F)c(F)c1. The van der Waals surface area contributed by atoms with Crippen LogP contribution in [0.2, 0.25) is 0 Å². The number of hydrogen-bond donors (Lipinski definition) is 1. The number of halogens is 3. The molecule has 1 N–H and O–H groups in total. The van der Waals surface area contributed by atoms with Crippen molar-refractivity contribution in [3.63, 3.8) is 0 Å². The summed E-state index contributed by atoms with van der Waals surface area (Å²) in [7, 11) is 0. The lowest BCUT2D eigenvalue weighted by Crippen LogP contribution is -2.20. The standard InChI is InChI=1S/C15H10BrF2NO4/c16-13-5-2-10(23-13)3-6-15(21)22-8-14(20)19-9-1-4-11(17)12(18)7-9/h1-7H,8H2,(H,19,20). The summed E-state index contributed by atoms with van der Waals surface area (Å²) in [5, 5.41) is 2.27. The Morgan fingerprint density at radius 1 is 1.22 bits per heavy atom. The van der Waals surface area contributed by atoms with Crippen molar-refractivity contribution in [1.82, 2.24) is 0 Å². The topological polar surface area (TPSA) is 68.5 Å². The Balaban J connectivity index is 1.80. The number of amides is 1. The molecule has 0 aliphatic rings. The number of rotatable bonds is 5. The fourth-order valence-electron chi connectivity index (χ4n) is 1.52. The van der Waals surface area contributed by atoms with Gasteiger partial charge in [-0.3, -0.25) is 4.79 Å². The number of nitrogens with one attached hydrogen (secondary N) is 1. The molecule has 23 heavy (non-hydrogen) atoms. The first-order chi connectivity index (χ1) is 10.9. The van der Waals surface area contributed by atoms with Crippen molar-refractivity contribution >= 4 is 39.6 Å². The molecule has 5 nitrogen and oxygen atoms in total. The van der Waals surface area contributed by atoms with E-state index >= 15 is 0 Å². The van der Waals surface area contributed by atoms with Crippen LogP contribution in [0, 0.1) is 11.6 Å². The van der Waals surface area contributed by atoms with Crippen LogP contribution in [0.25, 0.3) is 6.08 Å². The molecule has 1 heterocycles. The molecule has 0 spiro atoms. The zero-order chi connectivity index (χ0) is 16.8. The zero-order valence-electron chi connectivity index (χ0n) is 11.5. The highest BCUT2D eigenvalue weighted by molar-refractivity contribution is 9.10. The van der Waals surface area contributed by atoms with Gasteiger partial charge in [0.1, 0.15) is 5.76 Å². The van der Waals surface area contributed by atoms with Gasteiger partial charge in [-0.1, -0.05) is 0 Å². The Morgan fingerprint density at radius 2 is 2.00 bits per heavy atom. The van der Waals surface area contributed by atoms with Crippen molar-refractivity contribution in [2.75, 3.05) is 11.9 Å². The second-order valence-electron chi connectivity index (χ2n) is 4.26. The molecule has 0 aliphatic carbocycles. The molecule has 1 aromatic carbocycles. The van der Waals surface area contributed by atoms with Crippen molar-refractivity contribution in [2.24, 2.45) is 0 Å². The van der Waals surface area contributed by atoms with E-state index < -0.39 is 30.1 Å². The smallest absolute Gasteiger partial charge is 0.331 e. The van der Waals surface area contributed by atoms with Crippen molar-refractivity contribution in [3.05, 3.63) is 58.5 Å². The summed E-state index contributed by atoms with van der Waals surface area (Å²) < 4.78 is 36.1. The lowest BCUT2D eigenvalue weighted by atomic mass is 10.3. The number of benzene rings is 1. The molecule has 0 atom stereocenters. The molecule has 0 unspecified atom stereocenters. The Kier molecular flexibility index (Phi) is 5.64. The van der Waals surface area contributed by atoms with Gasteiger partial charge in [0, 0.05) is 17.8 Å². The van der Waals surface area contributed by atoms with E-state index in [1.165, 1.54) is 12.1 Å². The Hall–Kier alpha value is -2.48. The fourth-order valence-corrected chi connectivity index (χ4v) is 1.84. The van der Waals surface area contributed by atoms with Gasteiger partial charge in [-0.05, 0) is 46.3 Å². The van der Waals surface area contributed by atoms with E-state index in [0.717, 1.165) is 18.2 Å². The van der Waals surface area contributed by atoms with E-state index in [4.69, 9.17) is 9.15 Å². The van der Waals surface area contributed by atoms with Crippen molar-refractivity contribution in [3.8, 4) is 0 Å². The predicted octanol–water partition coefficient (Wildman–Crippen LogP) is 3.52.